The molecule has 27 heavy (non-hydrogen) atoms. The minimum absolute atomic E-state index is 0.0387. The van der Waals surface area contributed by atoms with E-state index < -0.39 is 0 Å². The van der Waals surface area contributed by atoms with E-state index in [9.17, 15) is 9.59 Å². The first-order valence-electron chi connectivity index (χ1n) is 9.55. The molecule has 0 unspecified atom stereocenters. The number of anilines is 2. The lowest BCUT2D eigenvalue weighted by molar-refractivity contribution is -0.119. The third kappa shape index (κ3) is 4.67. The van der Waals surface area contributed by atoms with E-state index in [1.165, 1.54) is 5.56 Å². The fourth-order valence-corrected chi connectivity index (χ4v) is 3.27. The second kappa shape index (κ2) is 8.71. The van der Waals surface area contributed by atoms with Crippen LogP contribution in [0.3, 0.4) is 0 Å². The summed E-state index contributed by atoms with van der Waals surface area (Å²) < 4.78 is 5.55. The molecule has 0 bridgehead atoms. The summed E-state index contributed by atoms with van der Waals surface area (Å²) in [5, 5.41) is 2.88. The van der Waals surface area contributed by atoms with Crippen molar-refractivity contribution in [1.29, 1.82) is 0 Å². The van der Waals surface area contributed by atoms with Gasteiger partial charge in [-0.3, -0.25) is 9.59 Å². The van der Waals surface area contributed by atoms with Crippen LogP contribution >= 0.6 is 0 Å². The maximum absolute atomic E-state index is 12.2. The molecule has 0 aromatic heterocycles. The van der Waals surface area contributed by atoms with E-state index in [4.69, 9.17) is 4.74 Å². The number of carbonyl (C=O) groups is 2. The molecule has 1 N–H and O–H groups in total. The molecule has 1 aliphatic heterocycles. The molecule has 0 fully saturated rings. The first kappa shape index (κ1) is 19.0. The Kier molecular flexibility index (Phi) is 6.12. The standard InChI is InChI=1S/C22H26N2O3/c1-3-13-24-20-11-8-18(14-17(20)7-12-22(24)26)23-21(25)15-27-19-9-5-16(4-2)6-10-19/h5-6,8-11,14H,3-4,7,12-13,15H2,1-2H3,(H,23,25). The van der Waals surface area contributed by atoms with Gasteiger partial charge in [-0.2, -0.15) is 0 Å². The molecule has 2 amide bonds. The second-order valence-electron chi connectivity index (χ2n) is 6.72. The van der Waals surface area contributed by atoms with E-state index >= 15 is 0 Å². The summed E-state index contributed by atoms with van der Waals surface area (Å²) in [5.74, 6) is 0.650. The van der Waals surface area contributed by atoms with Crippen LogP contribution in [0.5, 0.6) is 5.75 Å². The van der Waals surface area contributed by atoms with Crippen molar-refractivity contribution < 1.29 is 14.3 Å². The van der Waals surface area contributed by atoms with Gasteiger partial charge in [0.1, 0.15) is 5.75 Å². The minimum atomic E-state index is -0.202. The molecule has 1 heterocycles. The summed E-state index contributed by atoms with van der Waals surface area (Å²) >= 11 is 0. The first-order chi connectivity index (χ1) is 13.1. The molecule has 2 aromatic carbocycles. The van der Waals surface area contributed by atoms with Crippen molar-refractivity contribution in [2.45, 2.75) is 39.5 Å². The lowest BCUT2D eigenvalue weighted by Crippen LogP contribution is -2.35. The van der Waals surface area contributed by atoms with E-state index in [1.807, 2.05) is 47.4 Å². The molecular weight excluding hydrogens is 340 g/mol. The summed E-state index contributed by atoms with van der Waals surface area (Å²) in [4.78, 5) is 26.1. The second-order valence-corrected chi connectivity index (χ2v) is 6.72. The van der Waals surface area contributed by atoms with Crippen molar-refractivity contribution >= 4 is 23.2 Å². The Morgan fingerprint density at radius 1 is 1.11 bits per heavy atom. The quantitative estimate of drug-likeness (QED) is 0.807. The van der Waals surface area contributed by atoms with Gasteiger partial charge in [0, 0.05) is 24.3 Å². The zero-order valence-electron chi connectivity index (χ0n) is 16.0. The molecule has 0 spiro atoms. The first-order valence-corrected chi connectivity index (χ1v) is 9.55. The highest BCUT2D eigenvalue weighted by Crippen LogP contribution is 2.30. The van der Waals surface area contributed by atoms with Gasteiger partial charge in [0.25, 0.3) is 5.91 Å². The number of benzene rings is 2. The number of hydrogen-bond acceptors (Lipinski definition) is 3. The van der Waals surface area contributed by atoms with E-state index in [-0.39, 0.29) is 18.4 Å². The number of nitrogens with one attached hydrogen (secondary N) is 1. The van der Waals surface area contributed by atoms with Gasteiger partial charge in [0.2, 0.25) is 5.91 Å². The van der Waals surface area contributed by atoms with Crippen molar-refractivity contribution in [3.05, 3.63) is 53.6 Å². The Bertz CT molecular complexity index is 815. The van der Waals surface area contributed by atoms with Crippen LogP contribution in [0.15, 0.2) is 42.5 Å². The van der Waals surface area contributed by atoms with Crippen molar-refractivity contribution in [2.75, 3.05) is 23.4 Å². The van der Waals surface area contributed by atoms with Crippen LogP contribution in [-0.2, 0) is 22.4 Å². The Morgan fingerprint density at radius 2 is 1.89 bits per heavy atom. The number of carbonyl (C=O) groups excluding carboxylic acids is 2. The van der Waals surface area contributed by atoms with Gasteiger partial charge in [0.05, 0.1) is 0 Å². The number of amides is 2. The van der Waals surface area contributed by atoms with Crippen molar-refractivity contribution in [2.24, 2.45) is 0 Å². The largest absolute Gasteiger partial charge is 0.484 e. The summed E-state index contributed by atoms with van der Waals surface area (Å²) in [6.07, 6.45) is 3.11. The van der Waals surface area contributed by atoms with E-state index in [2.05, 4.69) is 19.2 Å². The Labute approximate surface area is 160 Å². The van der Waals surface area contributed by atoms with Gasteiger partial charge in [-0.25, -0.2) is 0 Å². The molecule has 0 atom stereocenters. The Morgan fingerprint density at radius 3 is 2.59 bits per heavy atom. The summed E-state index contributed by atoms with van der Waals surface area (Å²) in [7, 11) is 0. The molecule has 0 aliphatic carbocycles. The summed E-state index contributed by atoms with van der Waals surface area (Å²) in [5.41, 5.74) is 4.02. The number of hydrogen-bond donors (Lipinski definition) is 1. The number of fused-ring (bicyclic) bond motifs is 1. The monoisotopic (exact) mass is 366 g/mol. The predicted molar refractivity (Wildman–Crippen MR) is 107 cm³/mol. The van der Waals surface area contributed by atoms with Crippen molar-refractivity contribution in [1.82, 2.24) is 0 Å². The lowest BCUT2D eigenvalue weighted by Gasteiger charge is -2.29. The highest BCUT2D eigenvalue weighted by molar-refractivity contribution is 5.97. The number of nitrogens with zero attached hydrogens (tertiary/aromatic N) is 1. The SMILES string of the molecule is CCCN1C(=O)CCc2cc(NC(=O)COc3ccc(CC)cc3)ccc21. The molecule has 0 saturated heterocycles. The van der Waals surface area contributed by atoms with E-state index in [0.29, 0.717) is 18.6 Å². The van der Waals surface area contributed by atoms with Crippen LogP contribution < -0.4 is 15.0 Å². The van der Waals surface area contributed by atoms with Gasteiger partial charge in [-0.05, 0) is 60.7 Å². The van der Waals surface area contributed by atoms with Crippen LogP contribution in [0.25, 0.3) is 0 Å². The van der Waals surface area contributed by atoms with Gasteiger partial charge in [-0.15, -0.1) is 0 Å². The summed E-state index contributed by atoms with van der Waals surface area (Å²) in [6, 6.07) is 13.5. The van der Waals surface area contributed by atoms with Crippen molar-refractivity contribution in [3.63, 3.8) is 0 Å². The molecule has 5 heteroatoms. The van der Waals surface area contributed by atoms with Gasteiger partial charge in [0.15, 0.2) is 6.61 Å². The normalized spacial score (nSPS) is 13.3. The zero-order chi connectivity index (χ0) is 19.2. The molecule has 142 valence electrons. The molecule has 1 aliphatic rings. The third-order valence-corrected chi connectivity index (χ3v) is 4.71. The lowest BCUT2D eigenvalue weighted by atomic mass is 10.00. The van der Waals surface area contributed by atoms with Gasteiger partial charge >= 0.3 is 0 Å². The fraction of sp³-hybridized carbons (Fsp3) is 0.364. The van der Waals surface area contributed by atoms with Gasteiger partial charge < -0.3 is 15.0 Å². The van der Waals surface area contributed by atoms with Gasteiger partial charge in [-0.1, -0.05) is 26.0 Å². The number of rotatable bonds is 7. The highest BCUT2D eigenvalue weighted by Gasteiger charge is 2.23. The Hall–Kier alpha value is -2.82. The third-order valence-electron chi connectivity index (χ3n) is 4.71. The maximum Gasteiger partial charge on any atom is 0.262 e. The molecular formula is C22H26N2O3. The topological polar surface area (TPSA) is 58.6 Å². The zero-order valence-corrected chi connectivity index (χ0v) is 16.0. The number of ether oxygens (including phenoxy) is 1. The van der Waals surface area contributed by atoms with Crippen LogP contribution in [0, 0.1) is 0 Å². The van der Waals surface area contributed by atoms with E-state index in [1.54, 1.807) is 0 Å². The number of aryl methyl sites for hydroxylation is 2. The fourth-order valence-electron chi connectivity index (χ4n) is 3.27. The average molecular weight is 366 g/mol. The minimum Gasteiger partial charge on any atom is -0.484 e. The van der Waals surface area contributed by atoms with Crippen LogP contribution in [0.1, 0.15) is 37.8 Å². The van der Waals surface area contributed by atoms with Crippen molar-refractivity contribution in [3.8, 4) is 5.75 Å². The summed E-state index contributed by atoms with van der Waals surface area (Å²) in [6.45, 7) is 4.84. The smallest absolute Gasteiger partial charge is 0.262 e. The van der Waals surface area contributed by atoms with Crippen LogP contribution in [0.4, 0.5) is 11.4 Å². The molecule has 3 rings (SSSR count). The van der Waals surface area contributed by atoms with E-state index in [0.717, 1.165) is 36.3 Å². The predicted octanol–water partition coefficient (Wildman–Crippen LogP) is 3.96. The maximum atomic E-state index is 12.2. The molecule has 5 nitrogen and oxygen atoms in total. The molecule has 0 radical (unpaired) electrons. The average Bonchev–Trinajstić information content (AvgIpc) is 2.69. The molecule has 0 saturated carbocycles. The Balaban J connectivity index is 1.60. The molecule has 2 aromatic rings. The van der Waals surface area contributed by atoms with Crippen LogP contribution in [-0.4, -0.2) is 25.0 Å². The van der Waals surface area contributed by atoms with Crippen LogP contribution in [0.2, 0.25) is 0 Å². The highest BCUT2D eigenvalue weighted by atomic mass is 16.5.